The molecular formula is C27H22N2O4. The summed E-state index contributed by atoms with van der Waals surface area (Å²) >= 11 is 0. The molecule has 4 aromatic rings. The Balaban J connectivity index is 1.98. The summed E-state index contributed by atoms with van der Waals surface area (Å²) in [5.74, 6) is -1.03. The molecule has 3 aromatic carbocycles. The monoisotopic (exact) mass is 438 g/mol. The summed E-state index contributed by atoms with van der Waals surface area (Å²) in [5.41, 5.74) is 1.82. The highest BCUT2D eigenvalue weighted by Crippen LogP contribution is 2.32. The predicted molar refractivity (Wildman–Crippen MR) is 126 cm³/mol. The van der Waals surface area contributed by atoms with Crippen molar-refractivity contribution in [1.29, 1.82) is 0 Å². The summed E-state index contributed by atoms with van der Waals surface area (Å²) in [6.07, 6.45) is 0. The third-order valence-electron chi connectivity index (χ3n) is 5.13. The van der Waals surface area contributed by atoms with Gasteiger partial charge in [-0.1, -0.05) is 91.0 Å². The number of Topliss-reactive ketones (excluding diaryl/α,β-unsaturated/α-hetero) is 1. The van der Waals surface area contributed by atoms with E-state index < -0.39 is 11.5 Å². The van der Waals surface area contributed by atoms with Crippen molar-refractivity contribution in [2.75, 3.05) is 6.61 Å². The van der Waals surface area contributed by atoms with Gasteiger partial charge in [0.2, 0.25) is 0 Å². The highest BCUT2D eigenvalue weighted by Gasteiger charge is 2.26. The van der Waals surface area contributed by atoms with Gasteiger partial charge in [0, 0.05) is 16.7 Å². The van der Waals surface area contributed by atoms with Gasteiger partial charge in [0.25, 0.3) is 5.56 Å². The second-order valence-electron chi connectivity index (χ2n) is 7.30. The minimum atomic E-state index is -0.748. The van der Waals surface area contributed by atoms with Crippen LogP contribution in [0.2, 0.25) is 0 Å². The van der Waals surface area contributed by atoms with E-state index in [-0.39, 0.29) is 24.5 Å². The van der Waals surface area contributed by atoms with E-state index in [1.165, 1.54) is 0 Å². The van der Waals surface area contributed by atoms with E-state index in [1.807, 2.05) is 66.7 Å². The summed E-state index contributed by atoms with van der Waals surface area (Å²) in [6.45, 7) is 1.49. The quantitative estimate of drug-likeness (QED) is 0.310. The minimum absolute atomic E-state index is 0.110. The van der Waals surface area contributed by atoms with Gasteiger partial charge in [-0.15, -0.1) is 0 Å². The fourth-order valence-corrected chi connectivity index (χ4v) is 3.61. The predicted octanol–water partition coefficient (Wildman–Crippen LogP) is 4.64. The van der Waals surface area contributed by atoms with Crippen molar-refractivity contribution in [1.82, 2.24) is 9.78 Å². The van der Waals surface area contributed by atoms with Crippen LogP contribution in [-0.2, 0) is 11.3 Å². The smallest absolute Gasteiger partial charge is 0.344 e. The van der Waals surface area contributed by atoms with E-state index in [2.05, 4.69) is 5.10 Å². The van der Waals surface area contributed by atoms with Crippen molar-refractivity contribution in [3.63, 3.8) is 0 Å². The van der Waals surface area contributed by atoms with Gasteiger partial charge in [-0.3, -0.25) is 9.59 Å². The van der Waals surface area contributed by atoms with Crippen LogP contribution >= 0.6 is 0 Å². The molecule has 4 rings (SSSR count). The Kier molecular flexibility index (Phi) is 6.55. The second-order valence-corrected chi connectivity index (χ2v) is 7.30. The van der Waals surface area contributed by atoms with Crippen molar-refractivity contribution in [2.45, 2.75) is 13.5 Å². The molecule has 0 N–H and O–H groups in total. The third-order valence-corrected chi connectivity index (χ3v) is 5.13. The minimum Gasteiger partial charge on any atom is -0.462 e. The molecule has 164 valence electrons. The maximum Gasteiger partial charge on any atom is 0.344 e. The third kappa shape index (κ3) is 4.65. The molecule has 0 radical (unpaired) electrons. The lowest BCUT2D eigenvalue weighted by molar-refractivity contribution is 0.0523. The van der Waals surface area contributed by atoms with Gasteiger partial charge in [0.1, 0.15) is 12.1 Å². The summed E-state index contributed by atoms with van der Waals surface area (Å²) < 4.78 is 6.29. The van der Waals surface area contributed by atoms with Crippen molar-refractivity contribution in [3.05, 3.63) is 112 Å². The summed E-state index contributed by atoms with van der Waals surface area (Å²) in [4.78, 5) is 39.3. The zero-order chi connectivity index (χ0) is 23.2. The van der Waals surface area contributed by atoms with Crippen LogP contribution in [0.15, 0.2) is 95.8 Å². The summed E-state index contributed by atoms with van der Waals surface area (Å²) in [6, 6.07) is 27.0. The first-order chi connectivity index (χ1) is 16.1. The van der Waals surface area contributed by atoms with Gasteiger partial charge < -0.3 is 4.74 Å². The Hall–Kier alpha value is -4.32. The molecular weight excluding hydrogens is 416 g/mol. The van der Waals surface area contributed by atoms with Gasteiger partial charge in [0.05, 0.1) is 12.3 Å². The Bertz CT molecular complexity index is 1330. The van der Waals surface area contributed by atoms with Crippen LogP contribution in [0, 0.1) is 0 Å². The number of esters is 1. The van der Waals surface area contributed by atoms with E-state index in [0.717, 1.165) is 4.68 Å². The molecule has 6 heteroatoms. The molecule has 6 nitrogen and oxygen atoms in total. The summed E-state index contributed by atoms with van der Waals surface area (Å²) in [7, 11) is 0. The number of rotatable bonds is 7. The molecule has 0 saturated heterocycles. The molecule has 33 heavy (non-hydrogen) atoms. The topological polar surface area (TPSA) is 78.3 Å². The van der Waals surface area contributed by atoms with Crippen LogP contribution in [0.3, 0.4) is 0 Å². The van der Waals surface area contributed by atoms with Crippen LogP contribution < -0.4 is 5.56 Å². The van der Waals surface area contributed by atoms with Crippen LogP contribution in [-0.4, -0.2) is 28.1 Å². The SMILES string of the molecule is CCOC(=O)c1c(-c2ccccc2)c(-c2ccccc2)nn(CC(=O)c2ccccc2)c1=O. The van der Waals surface area contributed by atoms with Gasteiger partial charge in [0.15, 0.2) is 5.78 Å². The van der Waals surface area contributed by atoms with E-state index in [1.54, 1.807) is 31.2 Å². The van der Waals surface area contributed by atoms with Crippen LogP contribution in [0.4, 0.5) is 0 Å². The number of ketones is 1. The number of nitrogens with zero attached hydrogens (tertiary/aromatic N) is 2. The fourth-order valence-electron chi connectivity index (χ4n) is 3.61. The largest absolute Gasteiger partial charge is 0.462 e. The second kappa shape index (κ2) is 9.87. The lowest BCUT2D eigenvalue weighted by atomic mass is 9.95. The highest BCUT2D eigenvalue weighted by molar-refractivity contribution is 6.01. The average molecular weight is 438 g/mol. The average Bonchev–Trinajstić information content (AvgIpc) is 2.86. The highest BCUT2D eigenvalue weighted by atomic mass is 16.5. The Morgan fingerprint density at radius 2 is 1.36 bits per heavy atom. The fraction of sp³-hybridized carbons (Fsp3) is 0.111. The van der Waals surface area contributed by atoms with E-state index >= 15 is 0 Å². The molecule has 0 fully saturated rings. The summed E-state index contributed by atoms with van der Waals surface area (Å²) in [5, 5.41) is 4.56. The van der Waals surface area contributed by atoms with Crippen molar-refractivity contribution in [3.8, 4) is 22.4 Å². The number of benzene rings is 3. The van der Waals surface area contributed by atoms with Gasteiger partial charge in [-0.2, -0.15) is 5.10 Å². The van der Waals surface area contributed by atoms with Crippen LogP contribution in [0.5, 0.6) is 0 Å². The van der Waals surface area contributed by atoms with Gasteiger partial charge >= 0.3 is 5.97 Å². The molecule has 1 heterocycles. The van der Waals surface area contributed by atoms with E-state index in [9.17, 15) is 14.4 Å². The number of aromatic nitrogens is 2. The lowest BCUT2D eigenvalue weighted by Gasteiger charge is -2.16. The normalized spacial score (nSPS) is 10.6. The first kappa shape index (κ1) is 21.9. The number of carbonyl (C=O) groups is 2. The Morgan fingerprint density at radius 1 is 0.818 bits per heavy atom. The van der Waals surface area contributed by atoms with E-state index in [4.69, 9.17) is 4.74 Å². The van der Waals surface area contributed by atoms with Gasteiger partial charge in [-0.05, 0) is 12.5 Å². The molecule has 0 unspecified atom stereocenters. The first-order valence-corrected chi connectivity index (χ1v) is 10.6. The van der Waals surface area contributed by atoms with Crippen LogP contribution in [0.25, 0.3) is 22.4 Å². The number of ether oxygens (including phenoxy) is 1. The van der Waals surface area contributed by atoms with Gasteiger partial charge in [-0.25, -0.2) is 9.48 Å². The molecule has 0 amide bonds. The van der Waals surface area contributed by atoms with Crippen LogP contribution in [0.1, 0.15) is 27.6 Å². The van der Waals surface area contributed by atoms with Crippen molar-refractivity contribution >= 4 is 11.8 Å². The maximum absolute atomic E-state index is 13.5. The first-order valence-electron chi connectivity index (χ1n) is 10.6. The molecule has 0 aliphatic carbocycles. The Labute approximate surface area is 191 Å². The van der Waals surface area contributed by atoms with Crippen molar-refractivity contribution in [2.24, 2.45) is 0 Å². The zero-order valence-electron chi connectivity index (χ0n) is 18.1. The zero-order valence-corrected chi connectivity index (χ0v) is 18.1. The number of hydrogen-bond acceptors (Lipinski definition) is 5. The molecule has 0 bridgehead atoms. The Morgan fingerprint density at radius 3 is 1.94 bits per heavy atom. The maximum atomic E-state index is 13.5. The number of carbonyl (C=O) groups excluding carboxylic acids is 2. The molecule has 0 atom stereocenters. The molecule has 1 aromatic heterocycles. The molecule has 0 aliphatic rings. The molecule has 0 saturated carbocycles. The van der Waals surface area contributed by atoms with E-state index in [0.29, 0.717) is 27.9 Å². The standard InChI is InChI=1S/C27H22N2O4/c1-2-33-27(32)24-23(20-14-8-4-9-15-20)25(21-16-10-5-11-17-21)28-29(26(24)31)18-22(30)19-12-6-3-7-13-19/h3-17H,2,18H2,1H3. The number of hydrogen-bond donors (Lipinski definition) is 0. The van der Waals surface area contributed by atoms with Crippen molar-refractivity contribution < 1.29 is 14.3 Å². The molecule has 0 aliphatic heterocycles. The lowest BCUT2D eigenvalue weighted by Crippen LogP contribution is -2.33. The molecule has 0 spiro atoms.